The van der Waals surface area contributed by atoms with Crippen LogP contribution in [0.3, 0.4) is 0 Å². The van der Waals surface area contributed by atoms with Crippen molar-refractivity contribution in [2.24, 2.45) is 0 Å². The topological polar surface area (TPSA) is 70.5 Å². The van der Waals surface area contributed by atoms with E-state index in [2.05, 4.69) is 4.98 Å². The van der Waals surface area contributed by atoms with Gasteiger partial charge < -0.3 is 5.11 Å². The Morgan fingerprint density at radius 1 is 1.03 bits per heavy atom. The molecule has 0 saturated heterocycles. The highest BCUT2D eigenvalue weighted by Gasteiger charge is 2.45. The third-order valence-corrected chi connectivity index (χ3v) is 7.79. The predicted octanol–water partition coefficient (Wildman–Crippen LogP) is 7.35. The van der Waals surface area contributed by atoms with Crippen LogP contribution in [0.2, 0.25) is 10.0 Å². The van der Waals surface area contributed by atoms with Crippen molar-refractivity contribution in [2.75, 3.05) is 4.90 Å². The van der Waals surface area contributed by atoms with Gasteiger partial charge in [-0.05, 0) is 42.8 Å². The predicted molar refractivity (Wildman–Crippen MR) is 139 cm³/mol. The number of ketones is 1. The molecule has 0 radical (unpaired) electrons. The van der Waals surface area contributed by atoms with Crippen LogP contribution < -0.4 is 4.90 Å². The van der Waals surface area contributed by atoms with Crippen LogP contribution in [-0.2, 0) is 4.79 Å². The second-order valence-electron chi connectivity index (χ2n) is 8.12. The van der Waals surface area contributed by atoms with E-state index in [1.54, 1.807) is 13.0 Å². The molecule has 1 N–H and O–H groups in total. The number of halogens is 3. The molecule has 1 aliphatic heterocycles. The van der Waals surface area contributed by atoms with Crippen LogP contribution in [0, 0.1) is 12.7 Å². The summed E-state index contributed by atoms with van der Waals surface area (Å²) in [5, 5.41) is 12.1. The number of thiazole rings is 1. The van der Waals surface area contributed by atoms with E-state index in [1.807, 2.05) is 30.3 Å². The molecule has 1 atom stereocenters. The molecule has 1 aliphatic rings. The molecule has 1 amide bonds. The van der Waals surface area contributed by atoms with E-state index in [0.717, 1.165) is 5.56 Å². The van der Waals surface area contributed by atoms with Crippen molar-refractivity contribution < 1.29 is 19.1 Å². The second-order valence-corrected chi connectivity index (χ2v) is 9.93. The summed E-state index contributed by atoms with van der Waals surface area (Å²) in [5.41, 5.74) is 1.96. The maximum Gasteiger partial charge on any atom is 0.294 e. The van der Waals surface area contributed by atoms with E-state index in [1.165, 1.54) is 52.6 Å². The average molecular weight is 539 g/mol. The molecular formula is C27H17Cl2FN2O3S. The lowest BCUT2D eigenvalue weighted by Gasteiger charge is -2.27. The zero-order valence-electron chi connectivity index (χ0n) is 18.7. The van der Waals surface area contributed by atoms with Gasteiger partial charge in [-0.2, -0.15) is 0 Å². The number of carbonyl (C=O) groups is 2. The van der Waals surface area contributed by atoms with Gasteiger partial charge in [0.15, 0.2) is 5.76 Å². The van der Waals surface area contributed by atoms with Crippen LogP contribution in [-0.4, -0.2) is 21.8 Å². The number of rotatable bonds is 5. The van der Waals surface area contributed by atoms with Crippen molar-refractivity contribution in [3.05, 3.63) is 116 Å². The molecule has 36 heavy (non-hydrogen) atoms. The number of amides is 1. The number of aromatic nitrogens is 1. The van der Waals surface area contributed by atoms with Gasteiger partial charge in [-0.15, -0.1) is 11.3 Å². The van der Waals surface area contributed by atoms with Gasteiger partial charge in [-0.3, -0.25) is 14.5 Å². The standard InChI is InChI=1S/C27H17Cl2FN2O3S/c1-14-25(36-26(31-14)16-5-3-2-4-6-16)23(33)21-22(15-7-9-17(30)10-8-15)32(27(35)24(21)34)18-11-12-19(28)20(29)13-18/h2-13,22,34H,1H3. The lowest BCUT2D eigenvalue weighted by molar-refractivity contribution is -0.117. The summed E-state index contributed by atoms with van der Waals surface area (Å²) < 4.78 is 13.7. The van der Waals surface area contributed by atoms with Crippen LogP contribution in [0.25, 0.3) is 10.6 Å². The highest BCUT2D eigenvalue weighted by Crippen LogP contribution is 2.44. The average Bonchev–Trinajstić information content (AvgIpc) is 3.39. The van der Waals surface area contributed by atoms with Gasteiger partial charge in [0.25, 0.3) is 5.91 Å². The summed E-state index contributed by atoms with van der Waals surface area (Å²) in [6, 6.07) is 18.3. The van der Waals surface area contributed by atoms with Gasteiger partial charge in [-0.25, -0.2) is 9.37 Å². The first kappa shape index (κ1) is 24.2. The number of nitrogens with zero attached hydrogens (tertiary/aromatic N) is 2. The minimum absolute atomic E-state index is 0.121. The zero-order valence-corrected chi connectivity index (χ0v) is 21.0. The van der Waals surface area contributed by atoms with Crippen LogP contribution in [0.5, 0.6) is 0 Å². The summed E-state index contributed by atoms with van der Waals surface area (Å²) in [5.74, 6) is -2.48. The molecule has 0 saturated carbocycles. The minimum atomic E-state index is -1.02. The SMILES string of the molecule is Cc1nc(-c2ccccc2)sc1C(=O)C1=C(O)C(=O)N(c2ccc(Cl)c(Cl)c2)C1c1ccc(F)cc1. The molecule has 0 spiro atoms. The molecule has 1 aromatic heterocycles. The minimum Gasteiger partial charge on any atom is -0.503 e. The van der Waals surface area contributed by atoms with Crippen molar-refractivity contribution in [1.82, 2.24) is 4.98 Å². The monoisotopic (exact) mass is 538 g/mol. The molecule has 180 valence electrons. The zero-order chi connectivity index (χ0) is 25.6. The summed E-state index contributed by atoms with van der Waals surface area (Å²) >= 11 is 13.4. The normalized spacial score (nSPS) is 15.6. The van der Waals surface area contributed by atoms with Crippen molar-refractivity contribution in [3.8, 4) is 10.6 Å². The molecule has 0 bridgehead atoms. The maximum absolute atomic E-state index is 13.9. The summed E-state index contributed by atoms with van der Waals surface area (Å²) in [6.07, 6.45) is 0. The Hall–Kier alpha value is -3.52. The van der Waals surface area contributed by atoms with Crippen molar-refractivity contribution >= 4 is 51.9 Å². The molecule has 3 aromatic carbocycles. The van der Waals surface area contributed by atoms with Gasteiger partial charge in [-0.1, -0.05) is 65.7 Å². The largest absolute Gasteiger partial charge is 0.503 e. The molecule has 1 unspecified atom stereocenters. The van der Waals surface area contributed by atoms with E-state index in [4.69, 9.17) is 23.2 Å². The van der Waals surface area contributed by atoms with Gasteiger partial charge in [0, 0.05) is 11.3 Å². The molecular weight excluding hydrogens is 522 g/mol. The third kappa shape index (κ3) is 4.19. The maximum atomic E-state index is 13.9. The second kappa shape index (κ2) is 9.50. The number of hydrogen-bond donors (Lipinski definition) is 1. The van der Waals surface area contributed by atoms with E-state index in [0.29, 0.717) is 26.8 Å². The molecule has 0 aliphatic carbocycles. The van der Waals surface area contributed by atoms with Crippen LogP contribution >= 0.6 is 34.5 Å². The lowest BCUT2D eigenvalue weighted by atomic mass is 9.95. The number of aliphatic hydroxyl groups excluding tert-OH is 1. The van der Waals surface area contributed by atoms with Gasteiger partial charge in [0.05, 0.1) is 32.2 Å². The highest BCUT2D eigenvalue weighted by molar-refractivity contribution is 7.17. The van der Waals surface area contributed by atoms with Crippen molar-refractivity contribution in [1.29, 1.82) is 0 Å². The Morgan fingerprint density at radius 3 is 2.39 bits per heavy atom. The summed E-state index contributed by atoms with van der Waals surface area (Å²) in [6.45, 7) is 1.70. The van der Waals surface area contributed by atoms with Crippen LogP contribution in [0.1, 0.15) is 27.0 Å². The summed E-state index contributed by atoms with van der Waals surface area (Å²) in [4.78, 5) is 33.3. The van der Waals surface area contributed by atoms with E-state index >= 15 is 0 Å². The number of carbonyl (C=O) groups excluding carboxylic acids is 2. The number of benzene rings is 3. The third-order valence-electron chi connectivity index (χ3n) is 5.84. The van der Waals surface area contributed by atoms with Gasteiger partial charge >= 0.3 is 0 Å². The lowest BCUT2D eigenvalue weighted by Crippen LogP contribution is -2.31. The fourth-order valence-electron chi connectivity index (χ4n) is 4.13. The molecule has 5 rings (SSSR count). The smallest absolute Gasteiger partial charge is 0.294 e. The molecule has 4 aromatic rings. The molecule has 2 heterocycles. The number of aryl methyl sites for hydroxylation is 1. The first-order valence-corrected chi connectivity index (χ1v) is 12.4. The quantitative estimate of drug-likeness (QED) is 0.269. The Bertz CT molecular complexity index is 1530. The fourth-order valence-corrected chi connectivity index (χ4v) is 5.45. The van der Waals surface area contributed by atoms with Gasteiger partial charge in [0.2, 0.25) is 5.78 Å². The summed E-state index contributed by atoms with van der Waals surface area (Å²) in [7, 11) is 0. The fraction of sp³-hybridized carbons (Fsp3) is 0.0741. The first-order valence-electron chi connectivity index (χ1n) is 10.8. The highest BCUT2D eigenvalue weighted by atomic mass is 35.5. The van der Waals surface area contributed by atoms with Crippen molar-refractivity contribution in [3.63, 3.8) is 0 Å². The van der Waals surface area contributed by atoms with Crippen LogP contribution in [0.15, 0.2) is 84.1 Å². The Labute approximate surface area is 220 Å². The van der Waals surface area contributed by atoms with Gasteiger partial charge in [0.1, 0.15) is 10.8 Å². The van der Waals surface area contributed by atoms with Crippen LogP contribution in [0.4, 0.5) is 10.1 Å². The van der Waals surface area contributed by atoms with E-state index < -0.39 is 29.3 Å². The number of Topliss-reactive ketones (excluding diaryl/α,β-unsaturated/α-hetero) is 1. The molecule has 0 fully saturated rings. The van der Waals surface area contributed by atoms with Crippen molar-refractivity contribution in [2.45, 2.75) is 13.0 Å². The Balaban J connectivity index is 1.64. The van der Waals surface area contributed by atoms with E-state index in [9.17, 15) is 19.1 Å². The number of anilines is 1. The Morgan fingerprint density at radius 2 is 1.72 bits per heavy atom. The molecule has 9 heteroatoms. The number of aliphatic hydroxyl groups is 1. The van der Waals surface area contributed by atoms with E-state index in [-0.39, 0.29) is 15.6 Å². The number of hydrogen-bond acceptors (Lipinski definition) is 5. The first-order chi connectivity index (χ1) is 17.3. The molecule has 5 nitrogen and oxygen atoms in total. The Kier molecular flexibility index (Phi) is 6.38.